The Bertz CT molecular complexity index is 1970. The lowest BCUT2D eigenvalue weighted by Crippen LogP contribution is -2.50. The van der Waals surface area contributed by atoms with Gasteiger partial charge in [-0.05, 0) is 112 Å². The largest absolute Gasteiger partial charge is 0.509 e. The summed E-state index contributed by atoms with van der Waals surface area (Å²) < 4.78 is 60.2. The first kappa shape index (κ1) is 48.1. The number of nitrogens with zero attached hydrogens (tertiary/aromatic N) is 2. The molecule has 0 aromatic heterocycles. The molecule has 2 heterocycles. The number of rotatable bonds is 3. The van der Waals surface area contributed by atoms with Gasteiger partial charge in [-0.3, -0.25) is 14.4 Å². The molecule has 2 fully saturated rings. The molecule has 16 heteroatoms. The van der Waals surface area contributed by atoms with E-state index in [9.17, 15) is 41.8 Å². The first-order valence-electron chi connectivity index (χ1n) is 18.8. The fraction of sp³-hybridized carbons (Fsp3) is 0.524. The van der Waals surface area contributed by atoms with E-state index in [4.69, 9.17) is 16.3 Å². The van der Waals surface area contributed by atoms with E-state index in [1.54, 1.807) is 14.1 Å². The average Bonchev–Trinajstić information content (AvgIpc) is 3.48. The highest BCUT2D eigenvalue weighted by atomic mass is 35.5. The highest BCUT2D eigenvalue weighted by Gasteiger charge is 2.54. The van der Waals surface area contributed by atoms with Crippen molar-refractivity contribution < 1.29 is 46.6 Å². The molecule has 0 bridgehead atoms. The molecule has 6 rings (SSSR count). The topological polar surface area (TPSA) is 128 Å². The summed E-state index contributed by atoms with van der Waals surface area (Å²) in [5.41, 5.74) is 5.49. The van der Waals surface area contributed by atoms with Crippen molar-refractivity contribution >= 4 is 58.4 Å². The molecule has 4 amide bonds. The number of carbonyl (C=O) groups is 4. The number of hydrogen-bond acceptors (Lipinski definition) is 6. The summed E-state index contributed by atoms with van der Waals surface area (Å²) in [4.78, 5) is 50.2. The summed E-state index contributed by atoms with van der Waals surface area (Å²) in [6.45, 7) is 11.5. The smallest absolute Gasteiger partial charge is 0.414 e. The van der Waals surface area contributed by atoms with Crippen LogP contribution >= 0.6 is 24.0 Å². The molecule has 0 atom stereocenters. The Morgan fingerprint density at radius 3 is 1.33 bits per heavy atom. The zero-order chi connectivity index (χ0) is 43.0. The molecular formula is C42H54Cl2F4N4O6. The summed E-state index contributed by atoms with van der Waals surface area (Å²) in [7, 11) is 6.26. The maximum absolute atomic E-state index is 13.8. The number of benzene rings is 2. The first-order chi connectivity index (χ1) is 26.2. The molecule has 2 aliphatic carbocycles. The van der Waals surface area contributed by atoms with E-state index in [0.29, 0.717) is 11.1 Å². The van der Waals surface area contributed by atoms with Crippen molar-refractivity contribution in [2.45, 2.75) is 116 Å². The van der Waals surface area contributed by atoms with Crippen molar-refractivity contribution in [3.63, 3.8) is 0 Å². The van der Waals surface area contributed by atoms with Crippen LogP contribution in [0.15, 0.2) is 35.8 Å². The maximum Gasteiger partial charge on any atom is 0.414 e. The van der Waals surface area contributed by atoms with Crippen molar-refractivity contribution in [3.8, 4) is 0 Å². The second-order valence-corrected chi connectivity index (χ2v) is 16.5. The second-order valence-electron chi connectivity index (χ2n) is 16.2. The standard InChI is InChI=1S/C21H26F2N2O3.C18H21F2NO2.C3H6ClNO.ClH/c1-12-10-13(2)15(14(3)11-12)16-17(28-19(27)25(4)5)20(24-18(16)26)6-8-21(22,23)9-7-20;1-10-8-11(2)13(12(3)9-10)14-15(22)17(21-16(14)23)4-6-18(19,20)7-5-17;1-5(2)3(4)6;/h10-11H,6-9H2,1-5H3,(H,24,26);8-9,22H,4-7H2,1-3H3,(H,21,23);1-2H3;1H. The normalized spacial score (nSPS) is 19.6. The number of carbonyl (C=O) groups excluding carboxylic acids is 4. The number of nitrogens with one attached hydrogen (secondary N) is 2. The Balaban J connectivity index is 0.000000272. The van der Waals surface area contributed by atoms with E-state index in [1.807, 2.05) is 65.8 Å². The van der Waals surface area contributed by atoms with E-state index in [1.165, 1.54) is 23.9 Å². The van der Waals surface area contributed by atoms with Gasteiger partial charge in [-0.25, -0.2) is 22.4 Å². The Morgan fingerprint density at radius 2 is 0.966 bits per heavy atom. The maximum atomic E-state index is 13.8. The van der Waals surface area contributed by atoms with Gasteiger partial charge in [-0.1, -0.05) is 35.4 Å². The summed E-state index contributed by atoms with van der Waals surface area (Å²) in [5, 5.41) is 15.9. The van der Waals surface area contributed by atoms with Gasteiger partial charge in [0.2, 0.25) is 11.8 Å². The molecule has 2 aromatic carbocycles. The quantitative estimate of drug-likeness (QED) is 0.160. The molecule has 2 aliphatic heterocycles. The highest BCUT2D eigenvalue weighted by molar-refractivity contribution is 6.62. The Kier molecular flexibility index (Phi) is 14.8. The van der Waals surface area contributed by atoms with Crippen LogP contribution in [0, 0.1) is 41.5 Å². The van der Waals surface area contributed by atoms with Gasteiger partial charge in [0, 0.05) is 53.9 Å². The van der Waals surface area contributed by atoms with Crippen molar-refractivity contribution in [1.82, 2.24) is 20.4 Å². The Labute approximate surface area is 348 Å². The predicted molar refractivity (Wildman–Crippen MR) is 219 cm³/mol. The summed E-state index contributed by atoms with van der Waals surface area (Å²) in [5.74, 6) is -6.15. The molecule has 2 spiro atoms. The molecule has 4 aliphatic rings. The molecule has 3 N–H and O–H groups in total. The minimum atomic E-state index is -2.77. The highest BCUT2D eigenvalue weighted by Crippen LogP contribution is 2.49. The number of amides is 4. The Hall–Kier alpha value is -4.30. The third-order valence-corrected chi connectivity index (χ3v) is 11.3. The molecular weight excluding hydrogens is 803 g/mol. The van der Waals surface area contributed by atoms with Crippen LogP contribution in [0.5, 0.6) is 0 Å². The number of alkyl halides is 4. The van der Waals surface area contributed by atoms with Gasteiger partial charge >= 0.3 is 11.5 Å². The number of halogens is 6. The molecule has 58 heavy (non-hydrogen) atoms. The number of hydrogen-bond donors (Lipinski definition) is 3. The third kappa shape index (κ3) is 10.3. The number of ether oxygens (including phenoxy) is 1. The summed E-state index contributed by atoms with van der Waals surface area (Å²) >= 11 is 4.90. The Morgan fingerprint density at radius 1 is 0.638 bits per heavy atom. The van der Waals surface area contributed by atoms with E-state index in [2.05, 4.69) is 10.6 Å². The van der Waals surface area contributed by atoms with Crippen molar-refractivity contribution in [3.05, 3.63) is 80.3 Å². The first-order valence-corrected chi connectivity index (χ1v) is 19.1. The minimum Gasteiger partial charge on any atom is -0.509 e. The van der Waals surface area contributed by atoms with E-state index < -0.39 is 34.4 Å². The van der Waals surface area contributed by atoms with E-state index >= 15 is 0 Å². The second kappa shape index (κ2) is 17.9. The molecule has 10 nitrogen and oxygen atoms in total. The van der Waals surface area contributed by atoms with Crippen molar-refractivity contribution in [1.29, 1.82) is 0 Å². The third-order valence-electron chi connectivity index (χ3n) is 10.9. The molecule has 0 radical (unpaired) electrons. The van der Waals surface area contributed by atoms with Crippen molar-refractivity contribution in [2.75, 3.05) is 28.2 Å². The van der Waals surface area contributed by atoms with Gasteiger partial charge in [0.15, 0.2) is 0 Å². The van der Waals surface area contributed by atoms with Gasteiger partial charge in [-0.2, -0.15) is 0 Å². The number of aryl methyl sites for hydroxylation is 6. The van der Waals surface area contributed by atoms with Crippen LogP contribution in [-0.2, 0) is 14.3 Å². The van der Waals surface area contributed by atoms with Gasteiger partial charge in [0.25, 0.3) is 11.8 Å². The minimum absolute atomic E-state index is 0. The van der Waals surface area contributed by atoms with Crippen LogP contribution in [0.1, 0.15) is 95.9 Å². The average molecular weight is 858 g/mol. The monoisotopic (exact) mass is 856 g/mol. The fourth-order valence-corrected chi connectivity index (χ4v) is 8.10. The molecule has 320 valence electrons. The zero-order valence-electron chi connectivity index (χ0n) is 34.6. The lowest BCUT2D eigenvalue weighted by atomic mass is 9.78. The number of aliphatic hydroxyl groups is 1. The molecule has 0 saturated heterocycles. The van der Waals surface area contributed by atoms with Crippen LogP contribution in [0.4, 0.5) is 27.2 Å². The lowest BCUT2D eigenvalue weighted by molar-refractivity contribution is -0.118. The van der Waals surface area contributed by atoms with E-state index in [0.717, 1.165) is 33.4 Å². The molecule has 0 unspecified atom stereocenters. The van der Waals surface area contributed by atoms with Crippen LogP contribution in [0.3, 0.4) is 0 Å². The lowest BCUT2D eigenvalue weighted by Gasteiger charge is -2.38. The van der Waals surface area contributed by atoms with Gasteiger partial charge < -0.3 is 30.3 Å². The van der Waals surface area contributed by atoms with Crippen LogP contribution < -0.4 is 10.6 Å². The predicted octanol–water partition coefficient (Wildman–Crippen LogP) is 9.39. The fourth-order valence-electron chi connectivity index (χ4n) is 8.10. The van der Waals surface area contributed by atoms with Crippen LogP contribution in [-0.4, -0.2) is 89.3 Å². The van der Waals surface area contributed by atoms with Gasteiger partial charge in [-0.15, -0.1) is 12.4 Å². The number of aliphatic hydroxyl groups excluding tert-OH is 1. The van der Waals surface area contributed by atoms with E-state index in [-0.39, 0.29) is 98.3 Å². The van der Waals surface area contributed by atoms with Crippen LogP contribution in [0.2, 0.25) is 0 Å². The SMILES string of the molecule is CN(C)C(=O)Cl.Cc1cc(C)c(C2=C(O)C3(CCC(F)(F)CC3)NC2=O)c(C)c1.Cc1cc(C)c(C2=C(OC(=O)N(C)C)C3(CCC(F)(F)CC3)NC2=O)c(C)c1.Cl. The molecule has 2 saturated carbocycles. The van der Waals surface area contributed by atoms with Crippen LogP contribution in [0.25, 0.3) is 11.1 Å². The summed E-state index contributed by atoms with van der Waals surface area (Å²) in [6, 6.07) is 7.81. The summed E-state index contributed by atoms with van der Waals surface area (Å²) in [6.07, 6.45) is -1.85. The van der Waals surface area contributed by atoms with Gasteiger partial charge in [0.05, 0.1) is 22.2 Å². The zero-order valence-corrected chi connectivity index (χ0v) is 36.2. The van der Waals surface area contributed by atoms with Crippen molar-refractivity contribution in [2.24, 2.45) is 0 Å². The van der Waals surface area contributed by atoms with Gasteiger partial charge in [0.1, 0.15) is 11.5 Å². The molecule has 2 aromatic rings.